The van der Waals surface area contributed by atoms with Gasteiger partial charge in [0.25, 0.3) is 0 Å². The lowest BCUT2D eigenvalue weighted by Gasteiger charge is -2.46. The second kappa shape index (κ2) is 6.41. The van der Waals surface area contributed by atoms with Crippen molar-refractivity contribution >= 4 is 31.0 Å². The van der Waals surface area contributed by atoms with E-state index in [0.29, 0.717) is 17.2 Å². The van der Waals surface area contributed by atoms with Gasteiger partial charge in [0, 0.05) is 11.6 Å². The molecule has 2 aromatic heterocycles. The summed E-state index contributed by atoms with van der Waals surface area (Å²) in [5, 5.41) is 13.0. The fraction of sp³-hybridized carbons (Fsp3) is 0.600. The molecule has 0 amide bonds. The molecule has 0 aliphatic heterocycles. The van der Waals surface area contributed by atoms with Crippen molar-refractivity contribution in [3.63, 3.8) is 0 Å². The summed E-state index contributed by atoms with van der Waals surface area (Å²) in [5.74, 6) is 0. The fourth-order valence-corrected chi connectivity index (χ4v) is 5.22. The maximum Gasteiger partial charge on any atom is 0.192 e. The molecule has 2 aromatic rings. The highest BCUT2D eigenvalue weighted by Crippen LogP contribution is 2.53. The lowest BCUT2D eigenvalue weighted by molar-refractivity contribution is -0.124. The minimum Gasteiger partial charge on any atom is -0.408 e. The Hall–Kier alpha value is -1.21. The summed E-state index contributed by atoms with van der Waals surface area (Å²) in [6.07, 6.45) is 6.10. The smallest absolute Gasteiger partial charge is 0.192 e. The Balaban J connectivity index is 2.14. The van der Waals surface area contributed by atoms with E-state index in [0.717, 1.165) is 11.8 Å². The van der Waals surface area contributed by atoms with Crippen LogP contribution in [0.15, 0.2) is 31.2 Å². The molecule has 148 valence electrons. The number of aromatic nitrogens is 3. The van der Waals surface area contributed by atoms with Crippen LogP contribution in [-0.4, -0.2) is 34.1 Å². The van der Waals surface area contributed by atoms with Crippen molar-refractivity contribution in [1.82, 2.24) is 14.5 Å². The summed E-state index contributed by atoms with van der Waals surface area (Å²) >= 11 is 6.22. The molecule has 0 bridgehead atoms. The Morgan fingerprint density at radius 2 is 2.04 bits per heavy atom. The van der Waals surface area contributed by atoms with E-state index in [2.05, 4.69) is 57.3 Å². The largest absolute Gasteiger partial charge is 0.408 e. The summed E-state index contributed by atoms with van der Waals surface area (Å²) < 4.78 is 8.62. The van der Waals surface area contributed by atoms with Crippen LogP contribution in [0.5, 0.6) is 0 Å². The molecule has 3 rings (SSSR count). The lowest BCUT2D eigenvalue weighted by atomic mass is 9.85. The normalized spacial score (nSPS) is 29.4. The molecular weight excluding hydrogens is 378 g/mol. The molecule has 0 spiro atoms. The van der Waals surface area contributed by atoms with E-state index in [1.807, 2.05) is 22.9 Å². The zero-order chi connectivity index (χ0) is 20.3. The van der Waals surface area contributed by atoms with E-state index in [1.165, 1.54) is 6.33 Å². The second-order valence-corrected chi connectivity index (χ2v) is 14.5. The van der Waals surface area contributed by atoms with Crippen LogP contribution in [0.2, 0.25) is 23.3 Å². The van der Waals surface area contributed by atoms with Crippen LogP contribution in [0.3, 0.4) is 0 Å². The van der Waals surface area contributed by atoms with Crippen molar-refractivity contribution in [3.05, 3.63) is 36.4 Å². The van der Waals surface area contributed by atoms with Gasteiger partial charge in [-0.15, -0.1) is 6.58 Å². The highest BCUT2D eigenvalue weighted by Gasteiger charge is 2.58. The number of fused-ring (bicyclic) bond motifs is 1. The molecule has 1 fully saturated rings. The zero-order valence-electron chi connectivity index (χ0n) is 17.1. The maximum absolute atomic E-state index is 11.9. The van der Waals surface area contributed by atoms with E-state index >= 15 is 0 Å². The fourth-order valence-electron chi connectivity index (χ4n) is 3.63. The topological polar surface area (TPSA) is 60.2 Å². The third-order valence-electron chi connectivity index (χ3n) is 6.59. The predicted molar refractivity (Wildman–Crippen MR) is 112 cm³/mol. The van der Waals surface area contributed by atoms with Crippen molar-refractivity contribution in [1.29, 1.82) is 0 Å². The van der Waals surface area contributed by atoms with Crippen LogP contribution < -0.4 is 0 Å². The average molecular weight is 408 g/mol. The Morgan fingerprint density at radius 3 is 2.63 bits per heavy atom. The number of rotatable bonds is 4. The van der Waals surface area contributed by atoms with E-state index in [4.69, 9.17) is 16.0 Å². The molecule has 5 nitrogen and oxygen atoms in total. The Morgan fingerprint density at radius 1 is 1.37 bits per heavy atom. The average Bonchev–Trinajstić information content (AvgIpc) is 3.11. The molecule has 27 heavy (non-hydrogen) atoms. The highest BCUT2D eigenvalue weighted by atomic mass is 35.5. The zero-order valence-corrected chi connectivity index (χ0v) is 18.8. The van der Waals surface area contributed by atoms with Gasteiger partial charge in [-0.3, -0.25) is 0 Å². The molecule has 1 N–H and O–H groups in total. The molecule has 3 atom stereocenters. The van der Waals surface area contributed by atoms with E-state index in [9.17, 15) is 5.11 Å². The molecule has 0 saturated heterocycles. The Labute approximate surface area is 167 Å². The summed E-state index contributed by atoms with van der Waals surface area (Å²) in [5.41, 5.74) is -0.940. The SMILES string of the molecule is C=C[C@@]1(C)CC[C@](O)(n2ccc3c(Cl)ncnc32)C1O[Si](C)(C)C(C)(C)C. The standard InChI is InChI=1S/C20H30ClN3O2Si/c1-8-19(5)10-11-20(25,17(19)26-27(6,7)18(2,3)4)24-12-9-14-15(21)22-13-23-16(14)24/h8-9,12-13,17,25H,1,10-11H2,2-7H3/t17?,19-,20+/m0/s1. The first kappa shape index (κ1) is 20.5. The monoisotopic (exact) mass is 407 g/mol. The van der Waals surface area contributed by atoms with Gasteiger partial charge in [-0.25, -0.2) is 9.97 Å². The minimum absolute atomic E-state index is 0.0306. The van der Waals surface area contributed by atoms with Crippen LogP contribution in [0.1, 0.15) is 40.5 Å². The van der Waals surface area contributed by atoms with Gasteiger partial charge in [-0.05, 0) is 37.0 Å². The number of hydrogen-bond acceptors (Lipinski definition) is 4. The van der Waals surface area contributed by atoms with Crippen molar-refractivity contribution in [3.8, 4) is 0 Å². The molecule has 0 radical (unpaired) electrons. The van der Waals surface area contributed by atoms with Gasteiger partial charge >= 0.3 is 0 Å². The second-order valence-electron chi connectivity index (χ2n) is 9.43. The van der Waals surface area contributed by atoms with E-state index in [1.54, 1.807) is 0 Å². The molecule has 1 saturated carbocycles. The van der Waals surface area contributed by atoms with Crippen molar-refractivity contribution in [2.45, 2.75) is 70.5 Å². The molecule has 1 aliphatic rings. The molecule has 1 aliphatic carbocycles. The van der Waals surface area contributed by atoms with Crippen LogP contribution in [-0.2, 0) is 10.2 Å². The lowest BCUT2D eigenvalue weighted by Crippen LogP contribution is -2.54. The molecular formula is C20H30ClN3O2Si. The maximum atomic E-state index is 11.9. The highest BCUT2D eigenvalue weighted by molar-refractivity contribution is 6.74. The molecule has 1 unspecified atom stereocenters. The predicted octanol–water partition coefficient (Wildman–Crippen LogP) is 5.11. The molecule has 0 aromatic carbocycles. The molecule has 2 heterocycles. The van der Waals surface area contributed by atoms with Gasteiger partial charge in [-0.2, -0.15) is 0 Å². The van der Waals surface area contributed by atoms with Gasteiger partial charge in [0.05, 0.1) is 5.39 Å². The Kier molecular flexibility index (Phi) is 4.87. The number of hydrogen-bond donors (Lipinski definition) is 1. The van der Waals surface area contributed by atoms with Crippen LogP contribution in [0.25, 0.3) is 11.0 Å². The quantitative estimate of drug-likeness (QED) is 0.434. The van der Waals surface area contributed by atoms with Gasteiger partial charge in [-0.1, -0.05) is 45.4 Å². The number of aliphatic hydroxyl groups is 1. The first-order valence-electron chi connectivity index (χ1n) is 9.37. The van der Waals surface area contributed by atoms with Gasteiger partial charge in [0.15, 0.2) is 14.0 Å². The van der Waals surface area contributed by atoms with Gasteiger partial charge < -0.3 is 14.1 Å². The van der Waals surface area contributed by atoms with Crippen LogP contribution >= 0.6 is 11.6 Å². The summed E-state index contributed by atoms with van der Waals surface area (Å²) in [6, 6.07) is 1.85. The Bertz CT molecular complexity index is 876. The summed E-state index contributed by atoms with van der Waals surface area (Å²) in [4.78, 5) is 8.43. The number of nitrogens with zero attached hydrogens (tertiary/aromatic N) is 3. The summed E-state index contributed by atoms with van der Waals surface area (Å²) in [6.45, 7) is 17.2. The summed E-state index contributed by atoms with van der Waals surface area (Å²) in [7, 11) is -2.13. The van der Waals surface area contributed by atoms with Crippen molar-refractivity contribution in [2.75, 3.05) is 0 Å². The third-order valence-corrected chi connectivity index (χ3v) is 11.3. The first-order chi connectivity index (χ1) is 12.4. The molecule has 7 heteroatoms. The third kappa shape index (κ3) is 3.16. The van der Waals surface area contributed by atoms with E-state index < -0.39 is 20.1 Å². The van der Waals surface area contributed by atoms with Crippen LogP contribution in [0.4, 0.5) is 0 Å². The van der Waals surface area contributed by atoms with E-state index in [-0.39, 0.29) is 10.5 Å². The van der Waals surface area contributed by atoms with Crippen molar-refractivity contribution < 1.29 is 9.53 Å². The number of halogens is 1. The minimum atomic E-state index is -2.13. The van der Waals surface area contributed by atoms with Gasteiger partial charge in [0.2, 0.25) is 0 Å². The van der Waals surface area contributed by atoms with Crippen molar-refractivity contribution in [2.24, 2.45) is 5.41 Å². The van der Waals surface area contributed by atoms with Crippen LogP contribution in [0, 0.1) is 5.41 Å². The first-order valence-corrected chi connectivity index (χ1v) is 12.7. The van der Waals surface area contributed by atoms with Gasteiger partial charge in [0.1, 0.15) is 23.2 Å².